The SMILES string of the molecule is CC[Si](CC)(CC)OC1(c2ncc(N3CCOCC3)o2)CCCCC1. The lowest BCUT2D eigenvalue weighted by molar-refractivity contribution is -0.00963. The number of nitrogens with zero attached hydrogens (tertiary/aromatic N) is 2. The first-order valence-corrected chi connectivity index (χ1v) is 12.7. The Labute approximate surface area is 153 Å². The maximum atomic E-state index is 7.04. The molecule has 1 saturated heterocycles. The van der Waals surface area contributed by atoms with Crippen molar-refractivity contribution in [3.05, 3.63) is 12.1 Å². The average molecular weight is 367 g/mol. The summed E-state index contributed by atoms with van der Waals surface area (Å²) in [6, 6.07) is 3.50. The van der Waals surface area contributed by atoms with Crippen LogP contribution in [0.1, 0.15) is 58.8 Å². The number of anilines is 1. The minimum atomic E-state index is -1.72. The van der Waals surface area contributed by atoms with Crippen LogP contribution in [0.4, 0.5) is 5.88 Å². The van der Waals surface area contributed by atoms with Crippen molar-refractivity contribution >= 4 is 14.2 Å². The third-order valence-electron chi connectivity index (χ3n) is 6.21. The van der Waals surface area contributed by atoms with Crippen LogP contribution < -0.4 is 4.90 Å². The Hall–Kier alpha value is -0.853. The maximum absolute atomic E-state index is 7.04. The van der Waals surface area contributed by atoms with E-state index in [9.17, 15) is 0 Å². The predicted molar refractivity (Wildman–Crippen MR) is 103 cm³/mol. The highest BCUT2D eigenvalue weighted by Crippen LogP contribution is 2.45. The molecule has 3 rings (SSSR count). The Balaban J connectivity index is 1.86. The number of hydrogen-bond acceptors (Lipinski definition) is 5. The van der Waals surface area contributed by atoms with E-state index in [4.69, 9.17) is 18.6 Å². The number of aromatic nitrogens is 1. The lowest BCUT2D eigenvalue weighted by Crippen LogP contribution is -2.46. The Kier molecular flexibility index (Phi) is 6.23. The molecule has 142 valence electrons. The smallest absolute Gasteiger partial charge is 0.228 e. The molecular weight excluding hydrogens is 332 g/mol. The summed E-state index contributed by atoms with van der Waals surface area (Å²) in [6.45, 7) is 10.2. The van der Waals surface area contributed by atoms with Crippen molar-refractivity contribution < 1.29 is 13.6 Å². The second-order valence-electron chi connectivity index (χ2n) is 7.50. The average Bonchev–Trinajstić information content (AvgIpc) is 3.19. The summed E-state index contributed by atoms with van der Waals surface area (Å²) in [6.07, 6.45) is 7.69. The molecular formula is C19H34N2O3Si. The quantitative estimate of drug-likeness (QED) is 0.655. The van der Waals surface area contributed by atoms with Crippen LogP contribution in [0.25, 0.3) is 0 Å². The fourth-order valence-corrected chi connectivity index (χ4v) is 7.32. The van der Waals surface area contributed by atoms with Crippen molar-refractivity contribution in [1.82, 2.24) is 4.98 Å². The Morgan fingerprint density at radius 2 is 1.72 bits per heavy atom. The van der Waals surface area contributed by atoms with Crippen LogP contribution in [0, 0.1) is 0 Å². The number of morpholine rings is 1. The van der Waals surface area contributed by atoms with Crippen molar-refractivity contribution in [3.63, 3.8) is 0 Å². The van der Waals surface area contributed by atoms with Gasteiger partial charge in [-0.2, -0.15) is 0 Å². The molecule has 1 aliphatic carbocycles. The standard InChI is InChI=1S/C19H34N2O3Si/c1-4-25(5-2,6-3)24-19(10-8-7-9-11-19)18-20-16-17(23-18)21-12-14-22-15-13-21/h16H,4-15H2,1-3H3. The largest absolute Gasteiger partial charge is 0.422 e. The predicted octanol–water partition coefficient (Wildman–Crippen LogP) is 4.69. The molecule has 0 amide bonds. The molecule has 0 radical (unpaired) electrons. The van der Waals surface area contributed by atoms with Gasteiger partial charge in [0.15, 0.2) is 8.32 Å². The second kappa shape index (κ2) is 8.23. The van der Waals surface area contributed by atoms with E-state index in [0.717, 1.165) is 50.9 Å². The van der Waals surface area contributed by atoms with E-state index in [-0.39, 0.29) is 5.60 Å². The molecule has 0 bridgehead atoms. The van der Waals surface area contributed by atoms with Crippen LogP contribution in [0.2, 0.25) is 18.1 Å². The summed E-state index contributed by atoms with van der Waals surface area (Å²) in [5.74, 6) is 1.70. The van der Waals surface area contributed by atoms with Gasteiger partial charge in [0.25, 0.3) is 0 Å². The third kappa shape index (κ3) is 3.96. The van der Waals surface area contributed by atoms with Gasteiger partial charge in [0.1, 0.15) is 5.60 Å². The highest BCUT2D eigenvalue weighted by molar-refractivity contribution is 6.73. The van der Waals surface area contributed by atoms with Gasteiger partial charge >= 0.3 is 0 Å². The molecule has 25 heavy (non-hydrogen) atoms. The number of rotatable bonds is 7. The Morgan fingerprint density at radius 3 is 2.32 bits per heavy atom. The van der Waals surface area contributed by atoms with Crippen molar-refractivity contribution in [2.75, 3.05) is 31.2 Å². The Morgan fingerprint density at radius 1 is 1.08 bits per heavy atom. The zero-order valence-electron chi connectivity index (χ0n) is 16.2. The highest BCUT2D eigenvalue weighted by atomic mass is 28.4. The van der Waals surface area contributed by atoms with Gasteiger partial charge in [0.05, 0.1) is 19.4 Å². The molecule has 1 aromatic rings. The fraction of sp³-hybridized carbons (Fsp3) is 0.842. The van der Waals surface area contributed by atoms with E-state index in [1.165, 1.54) is 37.4 Å². The zero-order valence-corrected chi connectivity index (χ0v) is 17.2. The summed E-state index contributed by atoms with van der Waals surface area (Å²) in [7, 11) is -1.72. The van der Waals surface area contributed by atoms with Crippen LogP contribution in [0.3, 0.4) is 0 Å². The second-order valence-corrected chi connectivity index (χ2v) is 12.2. The van der Waals surface area contributed by atoms with Gasteiger partial charge in [-0.25, -0.2) is 4.98 Å². The van der Waals surface area contributed by atoms with E-state index in [1.807, 2.05) is 6.20 Å². The van der Waals surface area contributed by atoms with Crippen molar-refractivity contribution in [2.24, 2.45) is 0 Å². The molecule has 1 aromatic heterocycles. The zero-order chi connectivity index (χ0) is 17.8. The van der Waals surface area contributed by atoms with Gasteiger partial charge in [-0.1, -0.05) is 40.0 Å². The molecule has 0 unspecified atom stereocenters. The van der Waals surface area contributed by atoms with E-state index in [1.54, 1.807) is 0 Å². The molecule has 2 fully saturated rings. The van der Waals surface area contributed by atoms with E-state index < -0.39 is 8.32 Å². The van der Waals surface area contributed by atoms with Gasteiger partial charge in [0, 0.05) is 13.1 Å². The summed E-state index contributed by atoms with van der Waals surface area (Å²) in [4.78, 5) is 6.96. The minimum absolute atomic E-state index is 0.295. The topological polar surface area (TPSA) is 47.7 Å². The summed E-state index contributed by atoms with van der Waals surface area (Å²) in [5.41, 5.74) is -0.295. The monoisotopic (exact) mass is 366 g/mol. The molecule has 2 heterocycles. The molecule has 0 N–H and O–H groups in total. The van der Waals surface area contributed by atoms with Gasteiger partial charge in [-0.05, 0) is 31.0 Å². The minimum Gasteiger partial charge on any atom is -0.422 e. The Bertz CT molecular complexity index is 524. The number of oxazole rings is 1. The van der Waals surface area contributed by atoms with Crippen LogP contribution in [-0.2, 0) is 14.8 Å². The summed E-state index contributed by atoms with van der Waals surface area (Å²) in [5, 5.41) is 0. The number of ether oxygens (including phenoxy) is 1. The lowest BCUT2D eigenvalue weighted by atomic mass is 9.85. The van der Waals surface area contributed by atoms with E-state index >= 15 is 0 Å². The van der Waals surface area contributed by atoms with Crippen LogP contribution in [0.5, 0.6) is 0 Å². The van der Waals surface area contributed by atoms with Crippen molar-refractivity contribution in [3.8, 4) is 0 Å². The van der Waals surface area contributed by atoms with Crippen LogP contribution in [-0.4, -0.2) is 39.6 Å². The number of hydrogen-bond donors (Lipinski definition) is 0. The van der Waals surface area contributed by atoms with Crippen LogP contribution >= 0.6 is 0 Å². The first kappa shape index (κ1) is 18.9. The lowest BCUT2D eigenvalue weighted by Gasteiger charge is -2.42. The first-order chi connectivity index (χ1) is 12.2. The normalized spacial score (nSPS) is 21.5. The first-order valence-electron chi connectivity index (χ1n) is 10.2. The van der Waals surface area contributed by atoms with Gasteiger partial charge in [-0.15, -0.1) is 0 Å². The fourth-order valence-electron chi connectivity index (χ4n) is 4.27. The van der Waals surface area contributed by atoms with Crippen LogP contribution in [0.15, 0.2) is 10.6 Å². The molecule has 0 atom stereocenters. The molecule has 1 aliphatic heterocycles. The third-order valence-corrected chi connectivity index (χ3v) is 10.9. The van der Waals surface area contributed by atoms with Gasteiger partial charge in [0.2, 0.25) is 11.8 Å². The summed E-state index contributed by atoms with van der Waals surface area (Å²) >= 11 is 0. The highest BCUT2D eigenvalue weighted by Gasteiger charge is 2.46. The molecule has 0 spiro atoms. The van der Waals surface area contributed by atoms with Gasteiger partial charge < -0.3 is 18.5 Å². The van der Waals surface area contributed by atoms with Crippen molar-refractivity contribution in [1.29, 1.82) is 0 Å². The molecule has 1 saturated carbocycles. The summed E-state index contributed by atoms with van der Waals surface area (Å²) < 4.78 is 18.8. The molecule has 5 nitrogen and oxygen atoms in total. The molecule has 6 heteroatoms. The van der Waals surface area contributed by atoms with E-state index in [2.05, 4.69) is 25.7 Å². The van der Waals surface area contributed by atoms with Crippen molar-refractivity contribution in [2.45, 2.75) is 76.6 Å². The molecule has 2 aliphatic rings. The van der Waals surface area contributed by atoms with E-state index in [0.29, 0.717) is 0 Å². The molecule has 0 aromatic carbocycles. The van der Waals surface area contributed by atoms with Gasteiger partial charge in [-0.3, -0.25) is 0 Å². The maximum Gasteiger partial charge on any atom is 0.228 e.